The number of benzene rings is 1. The number of hydrogen-bond donors (Lipinski definition) is 1. The summed E-state index contributed by atoms with van der Waals surface area (Å²) in [6.07, 6.45) is 1.53. The summed E-state index contributed by atoms with van der Waals surface area (Å²) in [4.78, 5) is 16.4. The highest BCUT2D eigenvalue weighted by molar-refractivity contribution is 6.05. The lowest BCUT2D eigenvalue weighted by atomic mass is 9.71. The zero-order valence-corrected chi connectivity index (χ0v) is 21.1. The van der Waals surface area contributed by atoms with Gasteiger partial charge >= 0.3 is 6.18 Å². The number of anilines is 1. The second kappa shape index (κ2) is 9.63. The molecule has 0 spiro atoms. The van der Waals surface area contributed by atoms with E-state index < -0.39 is 17.8 Å². The van der Waals surface area contributed by atoms with E-state index in [1.807, 2.05) is 10.9 Å². The fourth-order valence-corrected chi connectivity index (χ4v) is 5.03. The Morgan fingerprint density at radius 3 is 2.46 bits per heavy atom. The van der Waals surface area contributed by atoms with E-state index in [0.29, 0.717) is 42.0 Å². The first-order chi connectivity index (χ1) is 17.5. The lowest BCUT2D eigenvalue weighted by molar-refractivity contribution is -0.141. The second-order valence-electron chi connectivity index (χ2n) is 11.0. The molecule has 0 atom stereocenters. The van der Waals surface area contributed by atoms with Crippen LogP contribution in [0, 0.1) is 11.3 Å². The van der Waals surface area contributed by atoms with Gasteiger partial charge in [-0.25, -0.2) is 4.98 Å². The first kappa shape index (κ1) is 25.5. The van der Waals surface area contributed by atoms with Crippen molar-refractivity contribution in [3.8, 4) is 5.75 Å². The zero-order valence-electron chi connectivity index (χ0n) is 21.1. The number of amides is 1. The third kappa shape index (κ3) is 5.58. The number of nitrogens with zero attached hydrogens (tertiary/aromatic N) is 3. The van der Waals surface area contributed by atoms with Gasteiger partial charge in [0.15, 0.2) is 0 Å². The zero-order chi connectivity index (χ0) is 26.4. The summed E-state index contributed by atoms with van der Waals surface area (Å²) in [6.45, 7) is 7.72. The summed E-state index contributed by atoms with van der Waals surface area (Å²) >= 11 is 0. The molecule has 1 amide bonds. The van der Waals surface area contributed by atoms with Crippen LogP contribution in [0.3, 0.4) is 0 Å². The molecule has 2 aliphatic rings. The van der Waals surface area contributed by atoms with Crippen LogP contribution < -0.4 is 10.1 Å². The van der Waals surface area contributed by atoms with Crippen molar-refractivity contribution in [2.75, 3.05) is 18.5 Å². The number of ether oxygens (including phenoxy) is 2. The van der Waals surface area contributed by atoms with Gasteiger partial charge in [-0.1, -0.05) is 26.8 Å². The second-order valence-corrected chi connectivity index (χ2v) is 11.0. The highest BCUT2D eigenvalue weighted by Gasteiger charge is 2.33. The highest BCUT2D eigenvalue weighted by atomic mass is 19.4. The lowest BCUT2D eigenvalue weighted by Gasteiger charge is -2.37. The summed E-state index contributed by atoms with van der Waals surface area (Å²) in [5, 5.41) is 8.31. The van der Waals surface area contributed by atoms with E-state index in [9.17, 15) is 18.0 Å². The molecule has 2 aromatic heterocycles. The van der Waals surface area contributed by atoms with Crippen molar-refractivity contribution < 1.29 is 27.4 Å². The largest absolute Gasteiger partial charge is 0.483 e. The monoisotopic (exact) mass is 516 g/mol. The van der Waals surface area contributed by atoms with Crippen LogP contribution in [-0.2, 0) is 10.9 Å². The third-order valence-corrected chi connectivity index (χ3v) is 7.34. The molecule has 1 N–H and O–H groups in total. The predicted octanol–water partition coefficient (Wildman–Crippen LogP) is 6.26. The Hall–Kier alpha value is -3.14. The maximum atomic E-state index is 13.1. The predicted molar refractivity (Wildman–Crippen MR) is 133 cm³/mol. The van der Waals surface area contributed by atoms with Crippen molar-refractivity contribution in [1.82, 2.24) is 14.8 Å². The van der Waals surface area contributed by atoms with Gasteiger partial charge in [-0.05, 0) is 55.2 Å². The summed E-state index contributed by atoms with van der Waals surface area (Å²) < 4.78 is 52.5. The topological polar surface area (TPSA) is 78.3 Å². The van der Waals surface area contributed by atoms with Gasteiger partial charge < -0.3 is 14.8 Å². The molecule has 37 heavy (non-hydrogen) atoms. The van der Waals surface area contributed by atoms with Crippen LogP contribution in [0.15, 0.2) is 36.5 Å². The van der Waals surface area contributed by atoms with Crippen LogP contribution in [0.1, 0.15) is 68.7 Å². The fourth-order valence-electron chi connectivity index (χ4n) is 5.03. The van der Waals surface area contributed by atoms with Gasteiger partial charge in [0.1, 0.15) is 23.2 Å². The molecule has 0 bridgehead atoms. The minimum Gasteiger partial charge on any atom is -0.483 e. The number of hydrogen-bond acceptors (Lipinski definition) is 5. The van der Waals surface area contributed by atoms with E-state index in [0.717, 1.165) is 48.7 Å². The molecule has 0 unspecified atom stereocenters. The Morgan fingerprint density at radius 2 is 1.84 bits per heavy atom. The first-order valence-electron chi connectivity index (χ1n) is 12.6. The highest BCUT2D eigenvalue weighted by Crippen LogP contribution is 2.42. The molecular weight excluding hydrogens is 485 g/mol. The molecule has 1 aliphatic carbocycles. The molecule has 198 valence electrons. The normalized spacial score (nSPS) is 21.0. The molecule has 5 rings (SSSR count). The van der Waals surface area contributed by atoms with Crippen molar-refractivity contribution in [3.63, 3.8) is 0 Å². The number of halogens is 3. The molecule has 3 heterocycles. The average molecular weight is 517 g/mol. The average Bonchev–Trinajstić information content (AvgIpc) is 3.23. The maximum Gasteiger partial charge on any atom is 0.433 e. The van der Waals surface area contributed by atoms with Crippen LogP contribution in [0.25, 0.3) is 10.9 Å². The molecular formula is C27H31F3N4O3. The molecule has 1 aromatic carbocycles. The molecule has 7 nitrogen and oxygen atoms in total. The van der Waals surface area contributed by atoms with Gasteiger partial charge in [0.25, 0.3) is 5.91 Å². The third-order valence-electron chi connectivity index (χ3n) is 7.34. The van der Waals surface area contributed by atoms with Gasteiger partial charge in [-0.2, -0.15) is 18.3 Å². The molecule has 1 aliphatic heterocycles. The van der Waals surface area contributed by atoms with Crippen LogP contribution in [0.4, 0.5) is 18.9 Å². The van der Waals surface area contributed by atoms with E-state index in [1.165, 1.54) is 6.07 Å². The minimum atomic E-state index is -4.64. The molecule has 3 aromatic rings. The van der Waals surface area contributed by atoms with E-state index in [1.54, 1.807) is 12.1 Å². The van der Waals surface area contributed by atoms with Gasteiger partial charge in [-0.3, -0.25) is 9.48 Å². The van der Waals surface area contributed by atoms with Crippen molar-refractivity contribution in [2.24, 2.45) is 11.3 Å². The Balaban J connectivity index is 1.41. The SMILES string of the molecule is CC(C)(C)C1CCC(n2cc3cc(NC(=O)c4cccc(C(F)(F)F)n4)c(OC4COC4)cc3n2)CC1. The Kier molecular flexibility index (Phi) is 6.64. The first-order valence-corrected chi connectivity index (χ1v) is 12.6. The summed E-state index contributed by atoms with van der Waals surface area (Å²) in [6, 6.07) is 7.05. The van der Waals surface area contributed by atoms with Crippen LogP contribution in [-0.4, -0.2) is 40.0 Å². The Bertz CT molecular complexity index is 1290. The summed E-state index contributed by atoms with van der Waals surface area (Å²) in [5.41, 5.74) is -0.0953. The molecule has 1 saturated carbocycles. The number of aromatic nitrogens is 3. The number of fused-ring (bicyclic) bond motifs is 1. The molecule has 1 saturated heterocycles. The summed E-state index contributed by atoms with van der Waals surface area (Å²) in [7, 11) is 0. The van der Waals surface area contributed by atoms with E-state index >= 15 is 0 Å². The number of rotatable bonds is 5. The number of alkyl halides is 3. The standard InChI is InChI=1S/C27H31F3N4O3/c1-26(2,3)17-7-9-18(10-8-17)34-13-16-11-22(23(12-21(16)33-34)37-19-14-36-15-19)32-25(35)20-5-4-6-24(31-20)27(28,29)30/h4-6,11-13,17-19H,7-10,14-15H2,1-3H3,(H,32,35). The smallest absolute Gasteiger partial charge is 0.433 e. The lowest BCUT2D eigenvalue weighted by Crippen LogP contribution is -2.38. The van der Waals surface area contributed by atoms with E-state index in [-0.39, 0.29) is 11.8 Å². The van der Waals surface area contributed by atoms with Crippen molar-refractivity contribution in [1.29, 1.82) is 0 Å². The van der Waals surface area contributed by atoms with Crippen molar-refractivity contribution >= 4 is 22.5 Å². The Morgan fingerprint density at radius 1 is 1.11 bits per heavy atom. The van der Waals surface area contributed by atoms with Gasteiger partial charge in [0, 0.05) is 17.6 Å². The van der Waals surface area contributed by atoms with E-state index in [2.05, 4.69) is 31.1 Å². The van der Waals surface area contributed by atoms with E-state index in [4.69, 9.17) is 14.6 Å². The molecule has 10 heteroatoms. The van der Waals surface area contributed by atoms with Gasteiger partial charge in [0.2, 0.25) is 0 Å². The maximum absolute atomic E-state index is 13.1. The van der Waals surface area contributed by atoms with Crippen molar-refractivity contribution in [3.05, 3.63) is 47.9 Å². The number of pyridine rings is 1. The molecule has 0 radical (unpaired) electrons. The van der Waals surface area contributed by atoms with Crippen LogP contribution in [0.2, 0.25) is 0 Å². The minimum absolute atomic E-state index is 0.172. The quantitative estimate of drug-likeness (QED) is 0.433. The number of carbonyl (C=O) groups excluding carboxylic acids is 1. The van der Waals surface area contributed by atoms with Crippen molar-refractivity contribution in [2.45, 2.75) is 64.8 Å². The Labute approximate surface area is 213 Å². The molecule has 2 fully saturated rings. The van der Waals surface area contributed by atoms with Gasteiger partial charge in [-0.15, -0.1) is 0 Å². The number of nitrogens with one attached hydrogen (secondary N) is 1. The van der Waals surface area contributed by atoms with Gasteiger partial charge in [0.05, 0.1) is 30.5 Å². The fraction of sp³-hybridized carbons (Fsp3) is 0.519. The number of carbonyl (C=O) groups is 1. The summed E-state index contributed by atoms with van der Waals surface area (Å²) in [5.74, 6) is 0.320. The van der Waals surface area contributed by atoms with Crippen LogP contribution in [0.5, 0.6) is 5.75 Å². The van der Waals surface area contributed by atoms with Crippen LogP contribution >= 0.6 is 0 Å².